The van der Waals surface area contributed by atoms with Crippen LogP contribution in [0, 0.1) is 56.7 Å². The zero-order valence-electron chi connectivity index (χ0n) is 37.0. The standard InChI is InChI=1S/C49H71FN2O3S.CO2/c1-33(2)43-40(53)29-36-39(51-23-24-52-25-27-56(54,55)28-26-52)31-48(7)38(44(36)43)13-14-42-46(5)19-17-37(45(3,4)41(46)18-20-47(42,48)6)35-15-21-49(32-50,22-16-35)30-34-11-9-8-10-12-34;2-1-3/h8-12,15,17,33,36,38-39,41-42,51H,13-14,16,18-32H2,1-7H3;/t36?,38-,39+,41+,42-,46+,47-,48-,49-;/m1./s1. The van der Waals surface area contributed by atoms with Gasteiger partial charge in [0.05, 0.1) is 18.2 Å². The van der Waals surface area contributed by atoms with Crippen molar-refractivity contribution in [2.45, 2.75) is 125 Å². The van der Waals surface area contributed by atoms with Crippen LogP contribution >= 0.6 is 0 Å². The average molecular weight is 831 g/mol. The molecule has 4 fully saturated rings. The Labute approximate surface area is 354 Å². The van der Waals surface area contributed by atoms with E-state index in [2.05, 4.69) is 95.1 Å². The zero-order valence-corrected chi connectivity index (χ0v) is 37.8. The molecule has 1 aromatic carbocycles. The summed E-state index contributed by atoms with van der Waals surface area (Å²) >= 11 is 0. The van der Waals surface area contributed by atoms with Gasteiger partial charge in [-0.1, -0.05) is 96.5 Å². The Hall–Kier alpha value is -2.71. The topological polar surface area (TPSA) is 101 Å². The van der Waals surface area contributed by atoms with E-state index in [1.807, 2.05) is 6.07 Å². The second kappa shape index (κ2) is 16.5. The van der Waals surface area contributed by atoms with Crippen LogP contribution in [0.4, 0.5) is 4.39 Å². The highest BCUT2D eigenvalue weighted by Crippen LogP contribution is 2.75. The molecule has 1 aliphatic heterocycles. The van der Waals surface area contributed by atoms with Crippen molar-refractivity contribution in [3.05, 3.63) is 70.3 Å². The molecule has 1 heterocycles. The lowest BCUT2D eigenvalue weighted by atomic mass is 9.33. The summed E-state index contributed by atoms with van der Waals surface area (Å²) in [7, 11) is -2.90. The molecule has 0 aromatic heterocycles. The van der Waals surface area contributed by atoms with Crippen molar-refractivity contribution in [2.24, 2.45) is 56.7 Å². The van der Waals surface area contributed by atoms with Gasteiger partial charge in [-0.2, -0.15) is 9.59 Å². The van der Waals surface area contributed by atoms with E-state index in [9.17, 15) is 17.6 Å². The Bertz CT molecular complexity index is 1990. The molecule has 6 aliphatic carbocycles. The number of carbonyl (C=O) groups excluding carboxylic acids is 3. The quantitative estimate of drug-likeness (QED) is 0.265. The molecule has 324 valence electrons. The van der Waals surface area contributed by atoms with Gasteiger partial charge in [-0.25, -0.2) is 8.42 Å². The van der Waals surface area contributed by atoms with Gasteiger partial charge < -0.3 is 10.2 Å². The number of alkyl halides is 1. The van der Waals surface area contributed by atoms with Crippen LogP contribution in [-0.2, 0) is 30.6 Å². The van der Waals surface area contributed by atoms with Crippen LogP contribution in [-0.4, -0.2) is 75.7 Å². The fourth-order valence-corrected chi connectivity index (χ4v) is 16.2. The minimum atomic E-state index is -2.90. The Morgan fingerprint density at radius 1 is 0.915 bits per heavy atom. The molecule has 3 saturated carbocycles. The maximum absolute atomic E-state index is 14.8. The molecule has 0 radical (unpaired) electrons. The second-order valence-electron chi connectivity index (χ2n) is 21.5. The predicted octanol–water partition coefficient (Wildman–Crippen LogP) is 9.16. The van der Waals surface area contributed by atoms with Crippen molar-refractivity contribution in [2.75, 3.05) is 44.4 Å². The number of nitrogens with one attached hydrogen (secondary N) is 1. The Morgan fingerprint density at radius 2 is 1.61 bits per heavy atom. The summed E-state index contributed by atoms with van der Waals surface area (Å²) in [4.78, 5) is 32.4. The third-order valence-corrected chi connectivity index (χ3v) is 19.6. The van der Waals surface area contributed by atoms with E-state index in [0.29, 0.717) is 43.0 Å². The highest BCUT2D eigenvalue weighted by molar-refractivity contribution is 7.91. The van der Waals surface area contributed by atoms with Crippen LogP contribution in [0.2, 0.25) is 0 Å². The molecule has 1 unspecified atom stereocenters. The van der Waals surface area contributed by atoms with Crippen LogP contribution in [0.15, 0.2) is 64.8 Å². The first-order valence-electron chi connectivity index (χ1n) is 22.8. The van der Waals surface area contributed by atoms with E-state index in [4.69, 9.17) is 9.59 Å². The van der Waals surface area contributed by atoms with Gasteiger partial charge in [-0.05, 0) is 132 Å². The first kappa shape index (κ1) is 44.3. The van der Waals surface area contributed by atoms with Crippen molar-refractivity contribution >= 4 is 21.8 Å². The number of rotatable bonds is 9. The number of ketones is 1. The van der Waals surface area contributed by atoms with E-state index < -0.39 is 9.84 Å². The number of hydrogen-bond acceptors (Lipinski definition) is 7. The van der Waals surface area contributed by atoms with Crippen LogP contribution in [0.1, 0.15) is 118 Å². The summed E-state index contributed by atoms with van der Waals surface area (Å²) in [6.45, 7) is 20.1. The molecule has 59 heavy (non-hydrogen) atoms. The normalized spacial score (nSPS) is 38.7. The molecule has 0 amide bonds. The molecule has 0 bridgehead atoms. The molecule has 7 aliphatic rings. The summed E-state index contributed by atoms with van der Waals surface area (Å²) in [6.07, 6.45) is 16.5. The number of fused-ring (bicyclic) bond motifs is 7. The van der Waals surface area contributed by atoms with Gasteiger partial charge in [0.1, 0.15) is 0 Å². The summed E-state index contributed by atoms with van der Waals surface area (Å²) in [6, 6.07) is 10.8. The minimum absolute atomic E-state index is 0.0494. The number of sulfone groups is 1. The summed E-state index contributed by atoms with van der Waals surface area (Å²) in [5, 5.41) is 4.04. The maximum atomic E-state index is 14.8. The van der Waals surface area contributed by atoms with Crippen molar-refractivity contribution in [1.82, 2.24) is 10.2 Å². The van der Waals surface area contributed by atoms with E-state index in [1.54, 1.807) is 5.57 Å². The van der Waals surface area contributed by atoms with Crippen LogP contribution < -0.4 is 5.32 Å². The first-order valence-corrected chi connectivity index (χ1v) is 24.6. The van der Waals surface area contributed by atoms with Gasteiger partial charge in [-0.3, -0.25) is 9.18 Å². The predicted molar refractivity (Wildman–Crippen MR) is 232 cm³/mol. The fraction of sp³-hybridized carbons (Fsp3) is 0.720. The lowest BCUT2D eigenvalue weighted by Gasteiger charge is -2.71. The monoisotopic (exact) mass is 831 g/mol. The van der Waals surface area contributed by atoms with Gasteiger partial charge in [0.25, 0.3) is 0 Å². The average Bonchev–Trinajstić information content (AvgIpc) is 3.54. The number of benzene rings is 1. The van der Waals surface area contributed by atoms with Crippen LogP contribution in [0.25, 0.3) is 0 Å². The summed E-state index contributed by atoms with van der Waals surface area (Å²) in [5.74, 6) is 3.06. The van der Waals surface area contributed by atoms with Gasteiger partial charge in [0.2, 0.25) is 0 Å². The van der Waals surface area contributed by atoms with E-state index >= 15 is 0 Å². The summed E-state index contributed by atoms with van der Waals surface area (Å²) < 4.78 is 39.0. The molecule has 1 saturated heterocycles. The van der Waals surface area contributed by atoms with Crippen LogP contribution in [0.5, 0.6) is 0 Å². The molecule has 1 aromatic rings. The molecule has 9 heteroatoms. The van der Waals surface area contributed by atoms with Crippen LogP contribution in [0.3, 0.4) is 0 Å². The third-order valence-electron chi connectivity index (χ3n) is 18.0. The van der Waals surface area contributed by atoms with Gasteiger partial charge in [-0.15, -0.1) is 0 Å². The zero-order chi connectivity index (χ0) is 42.6. The SMILES string of the molecule is CC(C)C1=C2C(CC1=O)[C@@H](NCCN1CCS(=O)(=O)CC1)C[C@]1(C)[C@@H]2CC[C@@H]2[C@@]3(C)CC=C(C4=CC[C@](CF)(Cc5ccccc5)CC4)C(C)(C)[C@@H]3CC[C@]21C.O=C=O. The van der Waals surface area contributed by atoms with Crippen molar-refractivity contribution in [3.63, 3.8) is 0 Å². The largest absolute Gasteiger partial charge is 0.373 e. The van der Waals surface area contributed by atoms with Crippen molar-refractivity contribution in [3.8, 4) is 0 Å². The van der Waals surface area contributed by atoms with Gasteiger partial charge in [0, 0.05) is 50.0 Å². The Kier molecular flexibility index (Phi) is 12.4. The minimum Gasteiger partial charge on any atom is -0.312 e. The second-order valence-corrected chi connectivity index (χ2v) is 23.8. The van der Waals surface area contributed by atoms with Crippen molar-refractivity contribution in [1.29, 1.82) is 0 Å². The number of hydrogen-bond donors (Lipinski definition) is 1. The number of allylic oxidation sites excluding steroid dienone is 5. The molecule has 1 N–H and O–H groups in total. The fourth-order valence-electron chi connectivity index (χ4n) is 14.9. The number of halogens is 1. The number of Topliss-reactive ketones (excluding diaryl/α,β-unsaturated/α-hetero) is 1. The third kappa shape index (κ3) is 7.76. The first-order chi connectivity index (χ1) is 27.9. The number of carbonyl (C=O) groups is 1. The van der Waals surface area contributed by atoms with E-state index in [-0.39, 0.29) is 69.3 Å². The van der Waals surface area contributed by atoms with E-state index in [0.717, 1.165) is 57.2 Å². The van der Waals surface area contributed by atoms with Crippen molar-refractivity contribution < 1.29 is 27.2 Å². The Morgan fingerprint density at radius 3 is 2.24 bits per heavy atom. The smallest absolute Gasteiger partial charge is 0.312 e. The molecule has 7 nitrogen and oxygen atoms in total. The molecule has 8 rings (SSSR count). The lowest BCUT2D eigenvalue weighted by Crippen LogP contribution is -2.65. The van der Waals surface area contributed by atoms with Gasteiger partial charge >= 0.3 is 6.15 Å². The highest BCUT2D eigenvalue weighted by atomic mass is 32.2. The molecule has 0 spiro atoms. The Balaban J connectivity index is 0.00000171. The molecule has 9 atom stereocenters. The maximum Gasteiger partial charge on any atom is 0.373 e. The lowest BCUT2D eigenvalue weighted by molar-refractivity contribution is -0.197. The molecular weight excluding hydrogens is 760 g/mol. The van der Waals surface area contributed by atoms with E-state index in [1.165, 1.54) is 42.4 Å². The highest BCUT2D eigenvalue weighted by Gasteiger charge is 2.69. The molecular formula is C50H71FN2O5S. The number of nitrogens with zero attached hydrogens (tertiary/aromatic N) is 1. The summed E-state index contributed by atoms with van der Waals surface area (Å²) in [5.41, 5.74) is 7.10. The van der Waals surface area contributed by atoms with Gasteiger partial charge in [0.15, 0.2) is 15.6 Å².